The molecule has 224 valence electrons. The van der Waals surface area contributed by atoms with Gasteiger partial charge in [-0.25, -0.2) is 4.79 Å². The van der Waals surface area contributed by atoms with Gasteiger partial charge in [0.1, 0.15) is 35.7 Å². The number of carbonyl (C=O) groups is 5. The van der Waals surface area contributed by atoms with Crippen LogP contribution in [-0.4, -0.2) is 87.3 Å². The first-order valence-corrected chi connectivity index (χ1v) is 13.2. The summed E-state index contributed by atoms with van der Waals surface area (Å²) in [5, 5.41) is 48.3. The predicted octanol–water partition coefficient (Wildman–Crippen LogP) is -0.687. The number of aliphatic hydroxyl groups is 1. The van der Waals surface area contributed by atoms with Crippen molar-refractivity contribution in [1.82, 2.24) is 21.3 Å². The Kier molecular flexibility index (Phi) is 14.4. The third-order valence-electron chi connectivity index (χ3n) is 6.43. The number of unbranched alkanes of at least 4 members (excludes halogenated alkanes) is 1. The molecule has 0 aliphatic carbocycles. The van der Waals surface area contributed by atoms with E-state index in [1.165, 1.54) is 6.07 Å². The van der Waals surface area contributed by atoms with Gasteiger partial charge in [-0.15, -0.1) is 0 Å². The van der Waals surface area contributed by atoms with Crippen molar-refractivity contribution in [3.63, 3.8) is 0 Å². The normalized spacial score (nSPS) is 14.6. The van der Waals surface area contributed by atoms with Gasteiger partial charge in [0.2, 0.25) is 17.7 Å². The van der Waals surface area contributed by atoms with E-state index < -0.39 is 72.0 Å². The van der Waals surface area contributed by atoms with Crippen LogP contribution in [0.4, 0.5) is 0 Å². The zero-order valence-corrected chi connectivity index (χ0v) is 23.0. The van der Waals surface area contributed by atoms with Crippen LogP contribution in [0.25, 0.3) is 0 Å². The highest BCUT2D eigenvalue weighted by Crippen LogP contribution is 2.22. The van der Waals surface area contributed by atoms with Gasteiger partial charge in [-0.2, -0.15) is 0 Å². The van der Waals surface area contributed by atoms with Crippen LogP contribution in [0.1, 0.15) is 63.2 Å². The fraction of sp³-hybridized carbons (Fsp3) is 0.577. The van der Waals surface area contributed by atoms with Gasteiger partial charge in [0.05, 0.1) is 12.2 Å². The van der Waals surface area contributed by atoms with Crippen molar-refractivity contribution in [2.24, 2.45) is 11.7 Å². The quantitative estimate of drug-likeness (QED) is 0.0848. The molecule has 0 saturated heterocycles. The van der Waals surface area contributed by atoms with E-state index >= 15 is 0 Å². The van der Waals surface area contributed by atoms with E-state index in [1.807, 2.05) is 0 Å². The van der Waals surface area contributed by atoms with Crippen molar-refractivity contribution in [2.75, 3.05) is 13.2 Å². The number of benzene rings is 1. The van der Waals surface area contributed by atoms with Gasteiger partial charge in [-0.3, -0.25) is 19.2 Å². The highest BCUT2D eigenvalue weighted by molar-refractivity contribution is 6.00. The number of hydrogen-bond donors (Lipinski definition) is 9. The highest BCUT2D eigenvalue weighted by atomic mass is 16.4. The van der Waals surface area contributed by atoms with E-state index in [9.17, 15) is 39.3 Å². The zero-order valence-electron chi connectivity index (χ0n) is 23.0. The summed E-state index contributed by atoms with van der Waals surface area (Å²) >= 11 is 0. The molecule has 0 aliphatic rings. The maximum Gasteiger partial charge on any atom is 0.326 e. The number of carboxylic acids is 1. The Bertz CT molecular complexity index is 1040. The van der Waals surface area contributed by atoms with Crippen molar-refractivity contribution in [2.45, 2.75) is 77.0 Å². The first kappa shape index (κ1) is 34.1. The number of phenolic OH excluding ortho intramolecular Hbond substituents is 2. The predicted molar refractivity (Wildman–Crippen MR) is 144 cm³/mol. The minimum atomic E-state index is -1.47. The Balaban J connectivity index is 3.11. The maximum absolute atomic E-state index is 13.3. The fourth-order valence-corrected chi connectivity index (χ4v) is 3.73. The van der Waals surface area contributed by atoms with Crippen molar-refractivity contribution >= 4 is 29.6 Å². The van der Waals surface area contributed by atoms with Crippen molar-refractivity contribution in [1.29, 1.82) is 0 Å². The summed E-state index contributed by atoms with van der Waals surface area (Å²) in [4.78, 5) is 63.0. The van der Waals surface area contributed by atoms with E-state index in [2.05, 4.69) is 21.3 Å². The molecule has 4 amide bonds. The molecule has 14 nitrogen and oxygen atoms in total. The molecule has 5 atom stereocenters. The topological polar surface area (TPSA) is 240 Å². The van der Waals surface area contributed by atoms with Crippen LogP contribution in [0, 0.1) is 5.92 Å². The van der Waals surface area contributed by atoms with Crippen LogP contribution in [0.15, 0.2) is 18.2 Å². The lowest BCUT2D eigenvalue weighted by atomic mass is 9.97. The Hall–Kier alpha value is -3.91. The number of aliphatic hydroxyl groups excluding tert-OH is 1. The van der Waals surface area contributed by atoms with Crippen molar-refractivity contribution in [3.8, 4) is 11.5 Å². The average Bonchev–Trinajstić information content (AvgIpc) is 2.92. The van der Waals surface area contributed by atoms with Crippen LogP contribution in [0.2, 0.25) is 0 Å². The van der Waals surface area contributed by atoms with E-state index in [1.54, 1.807) is 20.8 Å². The molecule has 1 aromatic carbocycles. The van der Waals surface area contributed by atoms with Gasteiger partial charge in [-0.1, -0.05) is 27.2 Å². The number of rotatable bonds is 17. The molecule has 14 heteroatoms. The molecule has 1 rings (SSSR count). The van der Waals surface area contributed by atoms with Gasteiger partial charge in [0.15, 0.2) is 0 Å². The van der Waals surface area contributed by atoms with Crippen molar-refractivity contribution in [3.05, 3.63) is 23.8 Å². The van der Waals surface area contributed by atoms with Crippen LogP contribution >= 0.6 is 0 Å². The fourth-order valence-electron chi connectivity index (χ4n) is 3.73. The SMILES string of the molecule is CC[C@H](NC(=O)[C@H](CO)NC(=O)[C@@H](NC(=O)[C@H](CCCCN)NC(=O)c1cc(O)ccc1O)[C@@H](C)CC)C(=O)O. The molecule has 40 heavy (non-hydrogen) atoms. The number of aliphatic carboxylic acids is 1. The summed E-state index contributed by atoms with van der Waals surface area (Å²) in [6, 6.07) is -1.64. The summed E-state index contributed by atoms with van der Waals surface area (Å²) in [5.74, 6) is -5.63. The lowest BCUT2D eigenvalue weighted by molar-refractivity contribution is -0.142. The Morgan fingerprint density at radius 2 is 1.48 bits per heavy atom. The van der Waals surface area contributed by atoms with Gasteiger partial charge < -0.3 is 47.4 Å². The third-order valence-corrected chi connectivity index (χ3v) is 6.43. The number of hydrogen-bond acceptors (Lipinski definition) is 9. The largest absolute Gasteiger partial charge is 0.508 e. The minimum Gasteiger partial charge on any atom is -0.508 e. The summed E-state index contributed by atoms with van der Waals surface area (Å²) in [6.45, 7) is 4.53. The number of carbonyl (C=O) groups excluding carboxylic acids is 4. The first-order chi connectivity index (χ1) is 18.9. The lowest BCUT2D eigenvalue weighted by Crippen LogP contribution is -2.60. The molecular formula is C26H41N5O9. The van der Waals surface area contributed by atoms with Gasteiger partial charge in [-0.05, 0) is 56.3 Å². The number of nitrogens with two attached hydrogens (primary N) is 1. The average molecular weight is 568 g/mol. The zero-order chi connectivity index (χ0) is 30.4. The highest BCUT2D eigenvalue weighted by Gasteiger charge is 2.33. The second-order valence-corrected chi connectivity index (χ2v) is 9.44. The van der Waals surface area contributed by atoms with E-state index in [4.69, 9.17) is 10.8 Å². The molecule has 1 aromatic rings. The summed E-state index contributed by atoms with van der Waals surface area (Å²) in [6.07, 6.45) is 1.67. The van der Waals surface area contributed by atoms with Crippen LogP contribution in [-0.2, 0) is 19.2 Å². The van der Waals surface area contributed by atoms with E-state index in [0.717, 1.165) is 12.1 Å². The Morgan fingerprint density at radius 3 is 2.02 bits per heavy atom. The second-order valence-electron chi connectivity index (χ2n) is 9.44. The maximum atomic E-state index is 13.3. The van der Waals surface area contributed by atoms with Crippen LogP contribution < -0.4 is 27.0 Å². The molecule has 0 aromatic heterocycles. The van der Waals surface area contributed by atoms with Gasteiger partial charge in [0, 0.05) is 0 Å². The summed E-state index contributed by atoms with van der Waals surface area (Å²) in [5.41, 5.74) is 5.30. The Labute approximate surface area is 232 Å². The number of carboxylic acid groups (broad SMARTS) is 1. The molecule has 10 N–H and O–H groups in total. The number of aromatic hydroxyl groups is 2. The van der Waals surface area contributed by atoms with Crippen molar-refractivity contribution < 1.29 is 44.4 Å². The molecule has 0 bridgehead atoms. The van der Waals surface area contributed by atoms with Crippen LogP contribution in [0.5, 0.6) is 11.5 Å². The number of amides is 4. The molecule has 0 fully saturated rings. The van der Waals surface area contributed by atoms with Gasteiger partial charge in [0.25, 0.3) is 5.91 Å². The molecule has 0 heterocycles. The van der Waals surface area contributed by atoms with Gasteiger partial charge >= 0.3 is 5.97 Å². The van der Waals surface area contributed by atoms with Crippen LogP contribution in [0.3, 0.4) is 0 Å². The molecule has 0 unspecified atom stereocenters. The molecular weight excluding hydrogens is 526 g/mol. The third kappa shape index (κ3) is 10.3. The smallest absolute Gasteiger partial charge is 0.326 e. The van der Waals surface area contributed by atoms with E-state index in [0.29, 0.717) is 25.8 Å². The standard InChI is InChI=1S/C26H41N5O9/c1-4-14(3)21(25(38)30-19(13-32)24(37)28-17(5-2)26(39)40)31-23(36)18(8-6-7-11-27)29-22(35)16-12-15(33)9-10-20(16)34/h9-10,12,14,17-19,21,32-34H,4-8,11,13,27H2,1-3H3,(H,28,37)(H,29,35)(H,30,38)(H,31,36)(H,39,40)/t14-,17-,18-,19-,21-/m0/s1. The lowest BCUT2D eigenvalue weighted by Gasteiger charge is -2.28. The minimum absolute atomic E-state index is 0.0797. The molecule has 0 saturated carbocycles. The Morgan fingerprint density at radius 1 is 0.850 bits per heavy atom. The molecule has 0 radical (unpaired) electrons. The second kappa shape index (κ2) is 16.9. The first-order valence-electron chi connectivity index (χ1n) is 13.2. The monoisotopic (exact) mass is 567 g/mol. The molecule has 0 aliphatic heterocycles. The summed E-state index contributed by atoms with van der Waals surface area (Å²) in [7, 11) is 0. The number of phenols is 2. The van der Waals surface area contributed by atoms with E-state index in [-0.39, 0.29) is 24.2 Å². The molecule has 0 spiro atoms. The summed E-state index contributed by atoms with van der Waals surface area (Å²) < 4.78 is 0. The number of nitrogens with one attached hydrogen (secondary N) is 4.